The molecule has 0 aliphatic rings. The Hall–Kier alpha value is -3.02. The topological polar surface area (TPSA) is 72.7 Å². The molecule has 2 heterocycles. The van der Waals surface area contributed by atoms with Crippen molar-refractivity contribution in [2.45, 2.75) is 0 Å². The summed E-state index contributed by atoms with van der Waals surface area (Å²) in [6.07, 6.45) is 6.42. The Bertz CT molecular complexity index is 709. The predicted octanol–water partition coefficient (Wildman–Crippen LogP) is 1.91. The van der Waals surface area contributed by atoms with Gasteiger partial charge in [-0.3, -0.25) is 14.3 Å². The van der Waals surface area contributed by atoms with Gasteiger partial charge in [0.05, 0.1) is 0 Å². The van der Waals surface area contributed by atoms with E-state index in [1.165, 1.54) is 0 Å². The predicted molar refractivity (Wildman–Crippen MR) is 73.5 cm³/mol. The van der Waals surface area contributed by atoms with E-state index in [4.69, 9.17) is 0 Å². The molecule has 1 aromatic carbocycles. The summed E-state index contributed by atoms with van der Waals surface area (Å²) in [4.78, 5) is 16.1. The summed E-state index contributed by atoms with van der Waals surface area (Å²) >= 11 is 0. The number of rotatable bonds is 3. The largest absolute Gasteiger partial charge is 0.322 e. The molecule has 0 saturated heterocycles. The summed E-state index contributed by atoms with van der Waals surface area (Å²) in [5, 5.41) is 10.3. The van der Waals surface area contributed by atoms with E-state index >= 15 is 0 Å². The van der Waals surface area contributed by atoms with Crippen LogP contribution >= 0.6 is 0 Å². The summed E-state index contributed by atoms with van der Waals surface area (Å²) in [7, 11) is 0. The van der Waals surface area contributed by atoms with E-state index in [0.29, 0.717) is 11.3 Å². The molecule has 3 rings (SSSR count). The van der Waals surface area contributed by atoms with Gasteiger partial charge in [0.2, 0.25) is 0 Å². The lowest BCUT2D eigenvalue weighted by Gasteiger charge is -2.07. The molecule has 0 atom stereocenters. The third-order valence-electron chi connectivity index (χ3n) is 2.76. The van der Waals surface area contributed by atoms with E-state index in [2.05, 4.69) is 20.5 Å². The lowest BCUT2D eigenvalue weighted by atomic mass is 10.2. The van der Waals surface area contributed by atoms with Crippen LogP contribution in [0.5, 0.6) is 0 Å². The highest BCUT2D eigenvalue weighted by Gasteiger charge is 2.07. The molecular weight excluding hydrogens is 254 g/mol. The maximum Gasteiger partial charge on any atom is 0.255 e. The number of pyridine rings is 1. The van der Waals surface area contributed by atoms with Crippen LogP contribution in [0.1, 0.15) is 10.4 Å². The molecule has 0 aliphatic carbocycles. The fourth-order valence-electron chi connectivity index (χ4n) is 1.78. The summed E-state index contributed by atoms with van der Waals surface area (Å²) in [5.74, 6) is -0.175. The molecule has 6 heteroatoms. The molecule has 0 aliphatic heterocycles. The molecule has 0 radical (unpaired) electrons. The Morgan fingerprint density at radius 3 is 2.55 bits per heavy atom. The maximum atomic E-state index is 12.2. The number of carbonyl (C=O) groups is 1. The molecule has 0 unspecified atom stereocenters. The Morgan fingerprint density at radius 1 is 1.05 bits per heavy atom. The van der Waals surface area contributed by atoms with Crippen molar-refractivity contribution in [3.63, 3.8) is 0 Å². The van der Waals surface area contributed by atoms with E-state index in [1.807, 2.05) is 12.1 Å². The average Bonchev–Trinajstić information content (AvgIpc) is 3.03. The average molecular weight is 265 g/mol. The molecule has 20 heavy (non-hydrogen) atoms. The highest BCUT2D eigenvalue weighted by Crippen LogP contribution is 2.12. The van der Waals surface area contributed by atoms with Crippen LogP contribution in [-0.4, -0.2) is 25.7 Å². The Labute approximate surface area is 115 Å². The number of aromatic nitrogens is 4. The first-order valence-corrected chi connectivity index (χ1v) is 5.99. The van der Waals surface area contributed by atoms with Crippen LogP contribution in [0.3, 0.4) is 0 Å². The lowest BCUT2D eigenvalue weighted by Crippen LogP contribution is -2.12. The lowest BCUT2D eigenvalue weighted by molar-refractivity contribution is 0.102. The highest BCUT2D eigenvalue weighted by molar-refractivity contribution is 6.04. The summed E-state index contributed by atoms with van der Waals surface area (Å²) in [5.41, 5.74) is 2.10. The molecule has 1 N–H and O–H groups in total. The number of amides is 1. The van der Waals surface area contributed by atoms with Crippen LogP contribution in [-0.2, 0) is 0 Å². The van der Waals surface area contributed by atoms with Gasteiger partial charge in [-0.2, -0.15) is 0 Å². The van der Waals surface area contributed by atoms with Crippen molar-refractivity contribution >= 4 is 11.6 Å². The van der Waals surface area contributed by atoms with Gasteiger partial charge in [-0.1, -0.05) is 6.07 Å². The summed E-state index contributed by atoms with van der Waals surface area (Å²) < 4.78 is 1.74. The van der Waals surface area contributed by atoms with Crippen LogP contribution < -0.4 is 5.32 Å². The second-order valence-corrected chi connectivity index (χ2v) is 4.11. The van der Waals surface area contributed by atoms with Crippen molar-refractivity contribution in [2.24, 2.45) is 0 Å². The fraction of sp³-hybridized carbons (Fsp3) is 0. The van der Waals surface area contributed by atoms with Gasteiger partial charge in [0, 0.05) is 29.3 Å². The molecule has 0 saturated carbocycles. The fourth-order valence-corrected chi connectivity index (χ4v) is 1.78. The molecule has 0 bridgehead atoms. The van der Waals surface area contributed by atoms with Gasteiger partial charge in [0.1, 0.15) is 12.7 Å². The molecule has 0 spiro atoms. The van der Waals surface area contributed by atoms with Gasteiger partial charge in [-0.15, -0.1) is 10.2 Å². The number of nitrogens with one attached hydrogen (secondary N) is 1. The molecular formula is C14H11N5O. The van der Waals surface area contributed by atoms with Crippen LogP contribution in [0, 0.1) is 0 Å². The van der Waals surface area contributed by atoms with Crippen LogP contribution in [0.15, 0.2) is 61.4 Å². The summed E-state index contributed by atoms with van der Waals surface area (Å²) in [6, 6.07) is 10.7. The SMILES string of the molecule is O=C(Nc1ccncc1)c1cccc(-n2cnnc2)c1. The first-order chi connectivity index (χ1) is 9.83. The minimum absolute atomic E-state index is 0.175. The number of benzene rings is 1. The van der Waals surface area contributed by atoms with Gasteiger partial charge in [-0.25, -0.2) is 0 Å². The normalized spacial score (nSPS) is 10.2. The Kier molecular flexibility index (Phi) is 3.20. The molecule has 98 valence electrons. The number of anilines is 1. The van der Waals surface area contributed by atoms with E-state index < -0.39 is 0 Å². The second kappa shape index (κ2) is 5.31. The van der Waals surface area contributed by atoms with Crippen LogP contribution in [0.4, 0.5) is 5.69 Å². The highest BCUT2D eigenvalue weighted by atomic mass is 16.1. The van der Waals surface area contributed by atoms with Crippen molar-refractivity contribution in [3.05, 3.63) is 67.0 Å². The van der Waals surface area contributed by atoms with Gasteiger partial charge in [-0.05, 0) is 30.3 Å². The standard InChI is InChI=1S/C14H11N5O/c20-14(18-12-4-6-15-7-5-12)11-2-1-3-13(8-11)19-9-16-17-10-19/h1-10H,(H,15,18,20). The van der Waals surface area contributed by atoms with Crippen molar-refractivity contribution < 1.29 is 4.79 Å². The second-order valence-electron chi connectivity index (χ2n) is 4.11. The van der Waals surface area contributed by atoms with Gasteiger partial charge < -0.3 is 5.32 Å². The van der Waals surface area contributed by atoms with Gasteiger partial charge in [0.15, 0.2) is 0 Å². The number of nitrogens with zero attached hydrogens (tertiary/aromatic N) is 4. The zero-order valence-corrected chi connectivity index (χ0v) is 10.5. The van der Waals surface area contributed by atoms with Crippen molar-refractivity contribution in [2.75, 3.05) is 5.32 Å². The summed E-state index contributed by atoms with van der Waals surface area (Å²) in [6.45, 7) is 0. The van der Waals surface area contributed by atoms with E-state index in [1.54, 1.807) is 53.9 Å². The van der Waals surface area contributed by atoms with Crippen LogP contribution in [0.2, 0.25) is 0 Å². The van der Waals surface area contributed by atoms with E-state index in [-0.39, 0.29) is 5.91 Å². The van der Waals surface area contributed by atoms with Gasteiger partial charge >= 0.3 is 0 Å². The van der Waals surface area contributed by atoms with Crippen LogP contribution in [0.25, 0.3) is 5.69 Å². The third kappa shape index (κ3) is 2.54. The van der Waals surface area contributed by atoms with E-state index in [0.717, 1.165) is 5.69 Å². The van der Waals surface area contributed by atoms with E-state index in [9.17, 15) is 4.79 Å². The van der Waals surface area contributed by atoms with Crippen molar-refractivity contribution in [1.82, 2.24) is 19.7 Å². The minimum atomic E-state index is -0.175. The molecule has 0 fully saturated rings. The zero-order valence-electron chi connectivity index (χ0n) is 10.5. The first kappa shape index (κ1) is 12.0. The monoisotopic (exact) mass is 265 g/mol. The maximum absolute atomic E-state index is 12.2. The Morgan fingerprint density at radius 2 is 1.80 bits per heavy atom. The number of hydrogen-bond acceptors (Lipinski definition) is 4. The quantitative estimate of drug-likeness (QED) is 0.785. The Balaban J connectivity index is 1.84. The number of hydrogen-bond donors (Lipinski definition) is 1. The third-order valence-corrected chi connectivity index (χ3v) is 2.76. The molecule has 2 aromatic heterocycles. The van der Waals surface area contributed by atoms with Gasteiger partial charge in [0.25, 0.3) is 5.91 Å². The molecule has 3 aromatic rings. The smallest absolute Gasteiger partial charge is 0.255 e. The van der Waals surface area contributed by atoms with Crippen molar-refractivity contribution in [1.29, 1.82) is 0 Å². The zero-order chi connectivity index (χ0) is 13.8. The van der Waals surface area contributed by atoms with Crippen molar-refractivity contribution in [3.8, 4) is 5.69 Å². The molecule has 1 amide bonds. The first-order valence-electron chi connectivity index (χ1n) is 5.99. The minimum Gasteiger partial charge on any atom is -0.322 e. The number of carbonyl (C=O) groups excluding carboxylic acids is 1. The molecule has 6 nitrogen and oxygen atoms in total.